The molecule has 0 saturated carbocycles. The molecule has 0 bridgehead atoms. The molecule has 18 heavy (non-hydrogen) atoms. The van der Waals surface area contributed by atoms with Crippen LogP contribution in [0.2, 0.25) is 0 Å². The van der Waals surface area contributed by atoms with Gasteiger partial charge in [0.1, 0.15) is 5.82 Å². The van der Waals surface area contributed by atoms with Crippen LogP contribution in [0.1, 0.15) is 18.1 Å². The number of ether oxygens (including phenoxy) is 2. The summed E-state index contributed by atoms with van der Waals surface area (Å²) >= 11 is 0. The van der Waals surface area contributed by atoms with Crippen LogP contribution in [0.3, 0.4) is 0 Å². The molecule has 0 radical (unpaired) electrons. The Balaban J connectivity index is 1.96. The van der Waals surface area contributed by atoms with E-state index in [9.17, 15) is 4.39 Å². The number of halogens is 1. The molecular formula is C14H20FNO2. The van der Waals surface area contributed by atoms with Gasteiger partial charge in [-0.1, -0.05) is 18.2 Å². The van der Waals surface area contributed by atoms with Crippen LogP contribution >= 0.6 is 0 Å². The Hall–Kier alpha value is -0.970. The van der Waals surface area contributed by atoms with E-state index in [1.54, 1.807) is 12.1 Å². The fourth-order valence-electron chi connectivity index (χ4n) is 2.15. The molecule has 0 spiro atoms. The van der Waals surface area contributed by atoms with Gasteiger partial charge in [0.25, 0.3) is 0 Å². The Morgan fingerprint density at radius 1 is 1.50 bits per heavy atom. The Bertz CT molecular complexity index is 367. The van der Waals surface area contributed by atoms with Crippen molar-refractivity contribution in [1.82, 2.24) is 5.32 Å². The van der Waals surface area contributed by atoms with Gasteiger partial charge in [0.2, 0.25) is 0 Å². The lowest BCUT2D eigenvalue weighted by atomic mass is 10.1. The van der Waals surface area contributed by atoms with Gasteiger partial charge in [0.15, 0.2) is 0 Å². The van der Waals surface area contributed by atoms with Crippen LogP contribution in [0.15, 0.2) is 24.3 Å². The zero-order valence-corrected chi connectivity index (χ0v) is 10.7. The Kier molecular flexibility index (Phi) is 5.11. The van der Waals surface area contributed by atoms with E-state index < -0.39 is 0 Å². The van der Waals surface area contributed by atoms with Crippen molar-refractivity contribution < 1.29 is 13.9 Å². The lowest BCUT2D eigenvalue weighted by Gasteiger charge is -2.20. The van der Waals surface area contributed by atoms with Gasteiger partial charge in [0, 0.05) is 24.6 Å². The number of rotatable bonds is 6. The van der Waals surface area contributed by atoms with Crippen molar-refractivity contribution in [2.45, 2.75) is 12.5 Å². The van der Waals surface area contributed by atoms with Crippen LogP contribution in [0, 0.1) is 11.7 Å². The minimum absolute atomic E-state index is 0.208. The first kappa shape index (κ1) is 13.5. The Labute approximate surface area is 107 Å². The van der Waals surface area contributed by atoms with Crippen molar-refractivity contribution in [2.75, 3.05) is 33.4 Å². The zero-order valence-electron chi connectivity index (χ0n) is 10.7. The maximum atomic E-state index is 13.7. The molecule has 2 atom stereocenters. The first-order chi connectivity index (χ1) is 8.81. The normalized spacial score (nSPS) is 21.1. The highest BCUT2D eigenvalue weighted by molar-refractivity contribution is 5.20. The molecule has 0 aromatic heterocycles. The molecule has 2 rings (SSSR count). The highest BCUT2D eigenvalue weighted by Gasteiger charge is 2.20. The average Bonchev–Trinajstić information content (AvgIpc) is 2.88. The van der Waals surface area contributed by atoms with Gasteiger partial charge in [0.05, 0.1) is 19.3 Å². The molecule has 1 aliphatic rings. The zero-order chi connectivity index (χ0) is 12.8. The summed E-state index contributed by atoms with van der Waals surface area (Å²) < 4.78 is 24.9. The van der Waals surface area contributed by atoms with Crippen molar-refractivity contribution in [3.8, 4) is 0 Å². The van der Waals surface area contributed by atoms with Gasteiger partial charge in [-0.05, 0) is 19.5 Å². The van der Waals surface area contributed by atoms with Crippen LogP contribution in [-0.4, -0.2) is 33.4 Å². The predicted molar refractivity (Wildman–Crippen MR) is 67.9 cm³/mol. The number of hydrogen-bond acceptors (Lipinski definition) is 3. The number of likely N-dealkylation sites (N-methyl/N-ethyl adjacent to an activating group) is 1. The van der Waals surface area contributed by atoms with Crippen LogP contribution in [-0.2, 0) is 9.47 Å². The minimum Gasteiger partial charge on any atom is -0.381 e. The topological polar surface area (TPSA) is 30.5 Å². The van der Waals surface area contributed by atoms with E-state index in [1.807, 2.05) is 13.1 Å². The third-order valence-corrected chi connectivity index (χ3v) is 3.20. The Morgan fingerprint density at radius 2 is 2.33 bits per heavy atom. The molecule has 0 amide bonds. The largest absolute Gasteiger partial charge is 0.381 e. The van der Waals surface area contributed by atoms with Gasteiger partial charge in [-0.15, -0.1) is 0 Å². The maximum absolute atomic E-state index is 13.7. The summed E-state index contributed by atoms with van der Waals surface area (Å²) in [5, 5.41) is 3.05. The molecule has 2 unspecified atom stereocenters. The van der Waals surface area contributed by atoms with Gasteiger partial charge in [-0.3, -0.25) is 0 Å². The second kappa shape index (κ2) is 6.83. The summed E-state index contributed by atoms with van der Waals surface area (Å²) in [7, 11) is 1.84. The molecule has 1 aromatic carbocycles. The fourth-order valence-corrected chi connectivity index (χ4v) is 2.15. The Morgan fingerprint density at radius 3 is 3.00 bits per heavy atom. The van der Waals surface area contributed by atoms with E-state index in [1.165, 1.54) is 6.07 Å². The second-order valence-corrected chi connectivity index (χ2v) is 4.63. The molecule has 3 nitrogen and oxygen atoms in total. The van der Waals surface area contributed by atoms with Crippen LogP contribution in [0.4, 0.5) is 4.39 Å². The van der Waals surface area contributed by atoms with Crippen molar-refractivity contribution in [1.29, 1.82) is 0 Å². The van der Waals surface area contributed by atoms with Crippen molar-refractivity contribution >= 4 is 0 Å². The van der Waals surface area contributed by atoms with Crippen LogP contribution < -0.4 is 5.32 Å². The maximum Gasteiger partial charge on any atom is 0.129 e. The number of hydrogen-bond donors (Lipinski definition) is 1. The van der Waals surface area contributed by atoms with E-state index in [-0.39, 0.29) is 11.9 Å². The minimum atomic E-state index is -0.239. The molecule has 1 heterocycles. The standard InChI is InChI=1S/C14H20FNO2/c1-16-8-14(12-4-2-3-5-13(12)15)18-10-11-6-7-17-9-11/h2-5,11,14,16H,6-10H2,1H3. The molecular weight excluding hydrogens is 233 g/mol. The van der Waals surface area contributed by atoms with Crippen LogP contribution in [0.5, 0.6) is 0 Å². The number of nitrogens with one attached hydrogen (secondary N) is 1. The SMILES string of the molecule is CNCC(OCC1CCOC1)c1ccccc1F. The molecule has 0 aliphatic carbocycles. The van der Waals surface area contributed by atoms with Gasteiger partial charge >= 0.3 is 0 Å². The summed E-state index contributed by atoms with van der Waals surface area (Å²) in [5.41, 5.74) is 0.616. The lowest BCUT2D eigenvalue weighted by molar-refractivity contribution is 0.0245. The molecule has 1 aromatic rings. The van der Waals surface area contributed by atoms with E-state index >= 15 is 0 Å². The summed E-state index contributed by atoms with van der Waals surface area (Å²) in [6, 6.07) is 6.78. The van der Waals surface area contributed by atoms with E-state index in [4.69, 9.17) is 9.47 Å². The number of benzene rings is 1. The first-order valence-corrected chi connectivity index (χ1v) is 6.39. The van der Waals surface area contributed by atoms with Crippen molar-refractivity contribution in [2.24, 2.45) is 5.92 Å². The summed E-state index contributed by atoms with van der Waals surface area (Å²) in [4.78, 5) is 0. The van der Waals surface area contributed by atoms with E-state index in [0.717, 1.165) is 19.6 Å². The summed E-state index contributed by atoms with van der Waals surface area (Å²) in [5.74, 6) is 0.233. The monoisotopic (exact) mass is 253 g/mol. The average molecular weight is 253 g/mol. The fraction of sp³-hybridized carbons (Fsp3) is 0.571. The highest BCUT2D eigenvalue weighted by Crippen LogP contribution is 2.22. The van der Waals surface area contributed by atoms with E-state index in [2.05, 4.69) is 5.32 Å². The van der Waals surface area contributed by atoms with Crippen molar-refractivity contribution in [3.63, 3.8) is 0 Å². The molecule has 1 saturated heterocycles. The van der Waals surface area contributed by atoms with Gasteiger partial charge in [-0.2, -0.15) is 0 Å². The highest BCUT2D eigenvalue weighted by atomic mass is 19.1. The lowest BCUT2D eigenvalue weighted by Crippen LogP contribution is -2.23. The van der Waals surface area contributed by atoms with Gasteiger partial charge in [-0.25, -0.2) is 4.39 Å². The molecule has 1 fully saturated rings. The molecule has 1 N–H and O–H groups in total. The van der Waals surface area contributed by atoms with Crippen LogP contribution in [0.25, 0.3) is 0 Å². The second-order valence-electron chi connectivity index (χ2n) is 4.63. The smallest absolute Gasteiger partial charge is 0.129 e. The summed E-state index contributed by atoms with van der Waals surface area (Å²) in [6.07, 6.45) is 0.792. The quantitative estimate of drug-likeness (QED) is 0.842. The third-order valence-electron chi connectivity index (χ3n) is 3.20. The van der Waals surface area contributed by atoms with Crippen molar-refractivity contribution in [3.05, 3.63) is 35.6 Å². The van der Waals surface area contributed by atoms with Gasteiger partial charge < -0.3 is 14.8 Å². The van der Waals surface area contributed by atoms with E-state index in [0.29, 0.717) is 24.6 Å². The summed E-state index contributed by atoms with van der Waals surface area (Å²) in [6.45, 7) is 2.79. The molecule has 4 heteroatoms. The molecule has 100 valence electrons. The first-order valence-electron chi connectivity index (χ1n) is 6.39. The molecule has 1 aliphatic heterocycles. The predicted octanol–water partition coefficient (Wildman–Crippen LogP) is 2.14. The third kappa shape index (κ3) is 3.51.